The molecular weight excluding hydrogens is 301 g/mol. The molecule has 18 heavy (non-hydrogen) atoms. The summed E-state index contributed by atoms with van der Waals surface area (Å²) in [6.07, 6.45) is 2.08. The predicted molar refractivity (Wildman–Crippen MR) is 72.2 cm³/mol. The number of nitrogens with one attached hydrogen (secondary N) is 1. The van der Waals surface area contributed by atoms with Gasteiger partial charge in [-0.1, -0.05) is 19.4 Å². The van der Waals surface area contributed by atoms with Gasteiger partial charge in [0.2, 0.25) is 0 Å². The molecule has 0 atom stereocenters. The Hall–Kier alpha value is -0.940. The van der Waals surface area contributed by atoms with Crippen molar-refractivity contribution in [1.29, 1.82) is 0 Å². The van der Waals surface area contributed by atoms with E-state index < -0.39 is 11.7 Å². The van der Waals surface area contributed by atoms with E-state index in [9.17, 15) is 9.18 Å². The van der Waals surface area contributed by atoms with Crippen LogP contribution in [0.15, 0.2) is 22.7 Å². The zero-order valence-corrected chi connectivity index (χ0v) is 11.9. The molecule has 0 heterocycles. The number of carbonyl (C=O) groups excluding carboxylic acids is 1. The van der Waals surface area contributed by atoms with E-state index in [1.807, 2.05) is 0 Å². The van der Waals surface area contributed by atoms with Crippen LogP contribution in [-0.2, 0) is 4.74 Å². The van der Waals surface area contributed by atoms with E-state index >= 15 is 0 Å². The fourth-order valence-corrected chi connectivity index (χ4v) is 1.91. The predicted octanol–water partition coefficient (Wildman–Crippen LogP) is 3.13. The molecule has 0 saturated carbocycles. The average Bonchev–Trinajstić information content (AvgIpc) is 2.33. The number of hydrogen-bond donors (Lipinski definition) is 1. The van der Waals surface area contributed by atoms with Crippen molar-refractivity contribution < 1.29 is 13.9 Å². The first kappa shape index (κ1) is 15.1. The van der Waals surface area contributed by atoms with Crippen molar-refractivity contribution in [3.05, 3.63) is 34.1 Å². The van der Waals surface area contributed by atoms with Gasteiger partial charge in [-0.3, -0.25) is 4.79 Å². The van der Waals surface area contributed by atoms with E-state index in [0.29, 0.717) is 24.2 Å². The quantitative estimate of drug-likeness (QED) is 0.785. The Morgan fingerprint density at radius 1 is 1.44 bits per heavy atom. The SMILES string of the molecule is CCCCOCCNC(=O)c1c(F)cccc1Br. The number of halogens is 2. The van der Waals surface area contributed by atoms with E-state index in [0.717, 1.165) is 12.8 Å². The summed E-state index contributed by atoms with van der Waals surface area (Å²) in [5, 5.41) is 2.62. The highest BCUT2D eigenvalue weighted by Crippen LogP contribution is 2.19. The molecule has 0 radical (unpaired) electrons. The lowest BCUT2D eigenvalue weighted by molar-refractivity contribution is 0.0908. The van der Waals surface area contributed by atoms with Crippen molar-refractivity contribution in [3.8, 4) is 0 Å². The lowest BCUT2D eigenvalue weighted by Crippen LogP contribution is -2.28. The van der Waals surface area contributed by atoms with Crippen molar-refractivity contribution in [3.63, 3.8) is 0 Å². The maximum Gasteiger partial charge on any atom is 0.255 e. The van der Waals surface area contributed by atoms with E-state index in [1.54, 1.807) is 12.1 Å². The Balaban J connectivity index is 2.37. The van der Waals surface area contributed by atoms with Gasteiger partial charge in [0.05, 0.1) is 12.2 Å². The molecule has 1 aromatic carbocycles. The monoisotopic (exact) mass is 317 g/mol. The maximum atomic E-state index is 13.5. The van der Waals surface area contributed by atoms with Crippen molar-refractivity contribution in [2.45, 2.75) is 19.8 Å². The molecule has 0 fully saturated rings. The lowest BCUT2D eigenvalue weighted by atomic mass is 10.2. The fraction of sp³-hybridized carbons (Fsp3) is 0.462. The topological polar surface area (TPSA) is 38.3 Å². The summed E-state index contributed by atoms with van der Waals surface area (Å²) in [5.74, 6) is -0.965. The van der Waals surface area contributed by atoms with Crippen molar-refractivity contribution in [2.75, 3.05) is 19.8 Å². The first-order chi connectivity index (χ1) is 8.66. The van der Waals surface area contributed by atoms with Crippen LogP contribution in [0.5, 0.6) is 0 Å². The third-order valence-corrected chi connectivity index (χ3v) is 3.02. The molecule has 0 aliphatic heterocycles. The third-order valence-electron chi connectivity index (χ3n) is 2.36. The molecule has 5 heteroatoms. The first-order valence-corrected chi connectivity index (χ1v) is 6.76. The van der Waals surface area contributed by atoms with Gasteiger partial charge in [-0.2, -0.15) is 0 Å². The second-order valence-electron chi connectivity index (χ2n) is 3.82. The second kappa shape index (κ2) is 8.21. The number of ether oxygens (including phenoxy) is 1. The van der Waals surface area contributed by atoms with Crippen molar-refractivity contribution in [1.82, 2.24) is 5.32 Å². The lowest BCUT2D eigenvalue weighted by Gasteiger charge is -2.08. The number of unbranched alkanes of at least 4 members (excludes halogenated alkanes) is 1. The Kier molecular flexibility index (Phi) is 6.90. The Morgan fingerprint density at radius 3 is 2.89 bits per heavy atom. The van der Waals surface area contributed by atoms with Crippen molar-refractivity contribution >= 4 is 21.8 Å². The molecule has 1 aromatic rings. The van der Waals surface area contributed by atoms with Crippen LogP contribution < -0.4 is 5.32 Å². The van der Waals surface area contributed by atoms with Gasteiger partial charge in [-0.15, -0.1) is 0 Å². The molecule has 100 valence electrons. The molecule has 0 unspecified atom stereocenters. The van der Waals surface area contributed by atoms with Gasteiger partial charge in [-0.25, -0.2) is 4.39 Å². The van der Waals surface area contributed by atoms with Crippen LogP contribution in [0.4, 0.5) is 4.39 Å². The van der Waals surface area contributed by atoms with Crippen LogP contribution in [0.25, 0.3) is 0 Å². The second-order valence-corrected chi connectivity index (χ2v) is 4.67. The van der Waals surface area contributed by atoms with Crippen LogP contribution in [0.3, 0.4) is 0 Å². The fourth-order valence-electron chi connectivity index (χ4n) is 1.39. The van der Waals surface area contributed by atoms with Gasteiger partial charge in [-0.05, 0) is 34.5 Å². The highest BCUT2D eigenvalue weighted by molar-refractivity contribution is 9.10. The molecule has 0 aliphatic carbocycles. The molecular formula is C13H17BrFNO2. The van der Waals surface area contributed by atoms with E-state index in [4.69, 9.17) is 4.74 Å². The summed E-state index contributed by atoms with van der Waals surface area (Å²) in [5.41, 5.74) is 0.0334. The van der Waals surface area contributed by atoms with E-state index in [2.05, 4.69) is 28.2 Å². The molecule has 1 amide bonds. The Morgan fingerprint density at radius 2 is 2.22 bits per heavy atom. The van der Waals surface area contributed by atoms with E-state index in [1.165, 1.54) is 6.07 Å². The van der Waals surface area contributed by atoms with E-state index in [-0.39, 0.29) is 5.56 Å². The van der Waals surface area contributed by atoms with Crippen LogP contribution in [0, 0.1) is 5.82 Å². The van der Waals surface area contributed by atoms with Crippen LogP contribution >= 0.6 is 15.9 Å². The van der Waals surface area contributed by atoms with Crippen LogP contribution in [-0.4, -0.2) is 25.7 Å². The van der Waals surface area contributed by atoms with Gasteiger partial charge in [0.25, 0.3) is 5.91 Å². The highest BCUT2D eigenvalue weighted by atomic mass is 79.9. The largest absolute Gasteiger partial charge is 0.380 e. The average molecular weight is 318 g/mol. The highest BCUT2D eigenvalue weighted by Gasteiger charge is 2.14. The molecule has 0 aliphatic rings. The smallest absolute Gasteiger partial charge is 0.255 e. The zero-order chi connectivity index (χ0) is 13.4. The van der Waals surface area contributed by atoms with Crippen molar-refractivity contribution in [2.24, 2.45) is 0 Å². The number of rotatable bonds is 7. The van der Waals surface area contributed by atoms with Gasteiger partial charge < -0.3 is 10.1 Å². The summed E-state index contributed by atoms with van der Waals surface area (Å²) in [6, 6.07) is 4.44. The third kappa shape index (κ3) is 4.74. The normalized spacial score (nSPS) is 10.4. The number of benzene rings is 1. The van der Waals surface area contributed by atoms with Crippen LogP contribution in [0.1, 0.15) is 30.1 Å². The molecule has 1 N–H and O–H groups in total. The summed E-state index contributed by atoms with van der Waals surface area (Å²) in [6.45, 7) is 3.59. The molecule has 1 rings (SSSR count). The maximum absolute atomic E-state index is 13.5. The zero-order valence-electron chi connectivity index (χ0n) is 10.3. The minimum Gasteiger partial charge on any atom is -0.380 e. The Labute approximate surface area is 115 Å². The van der Waals surface area contributed by atoms with Gasteiger partial charge >= 0.3 is 0 Å². The van der Waals surface area contributed by atoms with Crippen LogP contribution in [0.2, 0.25) is 0 Å². The number of carbonyl (C=O) groups is 1. The summed E-state index contributed by atoms with van der Waals surface area (Å²) in [7, 11) is 0. The minimum atomic E-state index is -0.534. The standard InChI is InChI=1S/C13H17BrFNO2/c1-2-3-8-18-9-7-16-13(17)12-10(14)5-4-6-11(12)15/h4-6H,2-3,7-9H2,1H3,(H,16,17). The summed E-state index contributed by atoms with van der Waals surface area (Å²) < 4.78 is 19.2. The number of amides is 1. The molecule has 0 bridgehead atoms. The summed E-state index contributed by atoms with van der Waals surface area (Å²) in [4.78, 5) is 11.7. The van der Waals surface area contributed by atoms with Gasteiger partial charge in [0.15, 0.2) is 0 Å². The molecule has 3 nitrogen and oxygen atoms in total. The number of hydrogen-bond acceptors (Lipinski definition) is 2. The molecule has 0 aromatic heterocycles. The minimum absolute atomic E-state index is 0.0334. The Bertz CT molecular complexity index is 378. The van der Waals surface area contributed by atoms with Gasteiger partial charge in [0.1, 0.15) is 5.82 Å². The molecule has 0 spiro atoms. The van der Waals surface area contributed by atoms with Gasteiger partial charge in [0, 0.05) is 17.6 Å². The first-order valence-electron chi connectivity index (χ1n) is 5.96. The summed E-state index contributed by atoms with van der Waals surface area (Å²) >= 11 is 3.16. The molecule has 0 saturated heterocycles.